The average molecular weight is 535 g/mol. The molecule has 3 aliphatic carbocycles. The van der Waals surface area contributed by atoms with Crippen molar-refractivity contribution in [2.24, 2.45) is 16.7 Å². The van der Waals surface area contributed by atoms with Gasteiger partial charge in [0.2, 0.25) is 0 Å². The van der Waals surface area contributed by atoms with Crippen molar-refractivity contribution in [1.29, 1.82) is 0 Å². The van der Waals surface area contributed by atoms with Crippen LogP contribution < -0.4 is 0 Å². The van der Waals surface area contributed by atoms with E-state index in [-0.39, 0.29) is 30.6 Å². The summed E-state index contributed by atoms with van der Waals surface area (Å²) in [7, 11) is 2.14. The maximum atomic E-state index is 14.3. The maximum Gasteiger partial charge on any atom is 0.338 e. The van der Waals surface area contributed by atoms with E-state index >= 15 is 0 Å². The van der Waals surface area contributed by atoms with Gasteiger partial charge >= 0.3 is 5.97 Å². The zero-order valence-electron chi connectivity index (χ0n) is 21.4. The molecule has 2 bridgehead atoms. The fourth-order valence-electron chi connectivity index (χ4n) is 7.44. The molecule has 10 heteroatoms. The second-order valence-corrected chi connectivity index (χ2v) is 12.0. The van der Waals surface area contributed by atoms with Crippen molar-refractivity contribution in [3.05, 3.63) is 47.0 Å². The van der Waals surface area contributed by atoms with Crippen LogP contribution in [0.15, 0.2) is 41.5 Å². The molecule has 10 atom stereocenters. The number of fused-ring (bicyclic) bond motifs is 5. The van der Waals surface area contributed by atoms with Crippen LogP contribution in [0, 0.1) is 16.7 Å². The summed E-state index contributed by atoms with van der Waals surface area (Å²) in [5.74, 6) is -2.60. The van der Waals surface area contributed by atoms with Crippen LogP contribution in [0.3, 0.4) is 0 Å². The first-order valence-electron chi connectivity index (χ1n) is 12.5. The molecule has 0 spiro atoms. The number of ketones is 1. The minimum atomic E-state index is -1.97. The molecule has 9 unspecified atom stereocenters. The lowest BCUT2D eigenvalue weighted by Crippen LogP contribution is -2.81. The summed E-state index contributed by atoms with van der Waals surface area (Å²) < 4.78 is 17.5. The van der Waals surface area contributed by atoms with Crippen molar-refractivity contribution in [3.63, 3.8) is 0 Å². The summed E-state index contributed by atoms with van der Waals surface area (Å²) in [4.78, 5) is 27.7. The summed E-state index contributed by atoms with van der Waals surface area (Å²) >= 11 is 0. The minimum absolute atomic E-state index is 0.148. The Balaban J connectivity index is 1.79. The molecule has 1 aliphatic heterocycles. The summed E-state index contributed by atoms with van der Waals surface area (Å²) in [5, 5.41) is 47.1. The van der Waals surface area contributed by atoms with Crippen molar-refractivity contribution in [1.82, 2.24) is 0 Å². The number of benzene rings is 1. The molecular weight excluding hydrogens is 499 g/mol. The summed E-state index contributed by atoms with van der Waals surface area (Å²) in [6.45, 7) is 6.37. The number of carbonyl (C=O) groups excluding carboxylic acids is 2. The Labute approximate surface area is 218 Å². The van der Waals surface area contributed by atoms with E-state index in [4.69, 9.17) is 14.0 Å². The van der Waals surface area contributed by atoms with E-state index < -0.39 is 70.2 Å². The Hall–Kier alpha value is -1.71. The molecule has 2 saturated carbocycles. The van der Waals surface area contributed by atoms with Gasteiger partial charge in [-0.1, -0.05) is 32.0 Å². The molecule has 0 aromatic heterocycles. The van der Waals surface area contributed by atoms with E-state index in [2.05, 4.69) is 9.47 Å². The number of aliphatic hydroxyl groups excluding tert-OH is 2. The van der Waals surface area contributed by atoms with Crippen LogP contribution in [0.25, 0.3) is 0 Å². The zero-order valence-corrected chi connectivity index (χ0v) is 22.5. The normalized spacial score (nSPS) is 44.6. The van der Waals surface area contributed by atoms with Crippen molar-refractivity contribution in [2.75, 3.05) is 6.61 Å². The van der Waals surface area contributed by atoms with Crippen molar-refractivity contribution in [2.45, 2.75) is 82.3 Å². The standard InChI is InChI=1S/C27H35O9P/c1-13-15(28)11-27(33)22(35-23(31)14-8-6-5-7-9-14)20-25(4,21(30)19(29)18(13)24(27,2)3)16(36-37)10-17-26(20,32)12-34-17/h5-9,15-17,19-20,22,28-29,32-33H,10-12,37H2,1-4H3/t15?,16?,17?,19?,20?,22?,25-,26?,27?/m1/s1. The van der Waals surface area contributed by atoms with Crippen LogP contribution >= 0.6 is 9.47 Å². The third-order valence-corrected chi connectivity index (χ3v) is 10.1. The molecule has 1 saturated heterocycles. The van der Waals surface area contributed by atoms with Gasteiger partial charge in [0, 0.05) is 33.6 Å². The minimum Gasteiger partial charge on any atom is -0.455 e. The number of carbonyl (C=O) groups is 2. The Morgan fingerprint density at radius 1 is 1.14 bits per heavy atom. The number of rotatable bonds is 3. The molecule has 37 heavy (non-hydrogen) atoms. The molecule has 202 valence electrons. The van der Waals surface area contributed by atoms with E-state index in [1.807, 2.05) is 0 Å². The number of aliphatic hydroxyl groups is 4. The van der Waals surface area contributed by atoms with Crippen molar-refractivity contribution in [3.8, 4) is 0 Å². The van der Waals surface area contributed by atoms with Gasteiger partial charge in [0.25, 0.3) is 0 Å². The van der Waals surface area contributed by atoms with Gasteiger partial charge < -0.3 is 34.4 Å². The summed E-state index contributed by atoms with van der Waals surface area (Å²) in [6, 6.07) is 8.24. The highest BCUT2D eigenvalue weighted by molar-refractivity contribution is 7.09. The topological polar surface area (TPSA) is 143 Å². The lowest BCUT2D eigenvalue weighted by molar-refractivity contribution is -0.341. The number of hydrogen-bond acceptors (Lipinski definition) is 9. The first-order valence-corrected chi connectivity index (χ1v) is 13.0. The van der Waals surface area contributed by atoms with Crippen molar-refractivity contribution < 1.29 is 44.0 Å². The van der Waals surface area contributed by atoms with Gasteiger partial charge in [0.1, 0.15) is 23.4 Å². The molecule has 4 N–H and O–H groups in total. The first kappa shape index (κ1) is 26.9. The maximum absolute atomic E-state index is 14.3. The predicted octanol–water partition coefficient (Wildman–Crippen LogP) is 1.33. The van der Waals surface area contributed by atoms with Crippen molar-refractivity contribution >= 4 is 21.2 Å². The van der Waals surface area contributed by atoms with Gasteiger partial charge in [-0.05, 0) is 37.1 Å². The fraction of sp³-hybridized carbons (Fsp3) is 0.630. The molecule has 1 heterocycles. The van der Waals surface area contributed by atoms with Gasteiger partial charge in [-0.25, -0.2) is 4.79 Å². The molecule has 9 nitrogen and oxygen atoms in total. The summed E-state index contributed by atoms with van der Waals surface area (Å²) in [5.41, 5.74) is -5.75. The fourth-order valence-corrected chi connectivity index (χ4v) is 7.83. The van der Waals surface area contributed by atoms with Crippen LogP contribution in [-0.2, 0) is 18.8 Å². The van der Waals surface area contributed by atoms with Crippen LogP contribution in [0.2, 0.25) is 0 Å². The molecule has 0 amide bonds. The monoisotopic (exact) mass is 534 g/mol. The quantitative estimate of drug-likeness (QED) is 0.257. The molecule has 1 aromatic carbocycles. The first-order chi connectivity index (χ1) is 17.2. The van der Waals surface area contributed by atoms with Crippen LogP contribution in [0.1, 0.15) is 50.9 Å². The van der Waals surface area contributed by atoms with E-state index in [0.717, 1.165) is 0 Å². The number of hydrogen-bond donors (Lipinski definition) is 4. The lowest BCUT2D eigenvalue weighted by atomic mass is 9.45. The molecule has 4 aliphatic rings. The highest BCUT2D eigenvalue weighted by Gasteiger charge is 2.76. The SMILES string of the molecule is CC1=C2C(O)C(=O)[C@]3(C)C(OP)CC4OCC4(O)C3C(OC(=O)c3ccccc3)C(O)(CC1O)C2(C)C. The third kappa shape index (κ3) is 3.42. The Bertz CT molecular complexity index is 1150. The second-order valence-electron chi connectivity index (χ2n) is 11.7. The largest absolute Gasteiger partial charge is 0.455 e. The van der Waals surface area contributed by atoms with Gasteiger partial charge in [0.05, 0.1) is 35.9 Å². The Morgan fingerprint density at radius 2 is 1.78 bits per heavy atom. The number of ether oxygens (including phenoxy) is 2. The summed E-state index contributed by atoms with van der Waals surface area (Å²) in [6.07, 6.45) is -6.01. The van der Waals surface area contributed by atoms with Crippen LogP contribution in [-0.4, -0.2) is 80.5 Å². The lowest BCUT2D eigenvalue weighted by Gasteiger charge is -2.67. The Kier molecular flexibility index (Phi) is 6.28. The van der Waals surface area contributed by atoms with E-state index in [0.29, 0.717) is 5.57 Å². The number of Topliss-reactive ketones (excluding diaryl/α,β-unsaturated/α-hetero) is 1. The van der Waals surface area contributed by atoms with E-state index in [1.54, 1.807) is 58.0 Å². The number of esters is 1. The smallest absolute Gasteiger partial charge is 0.338 e. The molecule has 3 fully saturated rings. The highest BCUT2D eigenvalue weighted by atomic mass is 31.0. The van der Waals surface area contributed by atoms with Gasteiger partial charge in [-0.3, -0.25) is 4.79 Å². The van der Waals surface area contributed by atoms with Gasteiger partial charge in [-0.15, -0.1) is 0 Å². The zero-order chi connectivity index (χ0) is 27.1. The third-order valence-electron chi connectivity index (χ3n) is 9.77. The molecular formula is C27H35O9P. The predicted molar refractivity (Wildman–Crippen MR) is 134 cm³/mol. The van der Waals surface area contributed by atoms with Crippen LogP contribution in [0.4, 0.5) is 0 Å². The van der Waals surface area contributed by atoms with Gasteiger partial charge in [0.15, 0.2) is 5.78 Å². The molecule has 5 rings (SSSR count). The molecule has 1 aromatic rings. The van der Waals surface area contributed by atoms with Crippen LogP contribution in [0.5, 0.6) is 0 Å². The second kappa shape index (κ2) is 8.65. The van der Waals surface area contributed by atoms with E-state index in [1.165, 1.54) is 0 Å². The molecule has 0 radical (unpaired) electrons. The van der Waals surface area contributed by atoms with E-state index in [9.17, 15) is 30.0 Å². The van der Waals surface area contributed by atoms with Gasteiger partial charge in [-0.2, -0.15) is 0 Å². The average Bonchev–Trinajstić information content (AvgIpc) is 2.85. The Morgan fingerprint density at radius 3 is 2.35 bits per heavy atom. The highest BCUT2D eigenvalue weighted by Crippen LogP contribution is 2.63.